The molecule has 134 valence electrons. The lowest BCUT2D eigenvalue weighted by molar-refractivity contribution is -0.114. The van der Waals surface area contributed by atoms with Crippen LogP contribution in [0.2, 0.25) is 0 Å². The molecule has 0 aromatic heterocycles. The molecule has 0 atom stereocenters. The third kappa shape index (κ3) is 4.54. The molecule has 2 N–H and O–H groups in total. The number of halogens is 1. The van der Waals surface area contributed by atoms with Crippen LogP contribution >= 0.6 is 15.9 Å². The maximum atomic E-state index is 12.6. The van der Waals surface area contributed by atoms with Crippen LogP contribution < -0.4 is 10.6 Å². The van der Waals surface area contributed by atoms with Gasteiger partial charge in [0.15, 0.2) is 0 Å². The number of hydrogen-bond donors (Lipinski definition) is 2. The average molecular weight is 419 g/mol. The molecule has 0 unspecified atom stereocenters. The highest BCUT2D eigenvalue weighted by Gasteiger charge is 2.22. The summed E-state index contributed by atoms with van der Waals surface area (Å²) in [6.45, 7) is 1.29. The molecule has 0 saturated heterocycles. The first-order valence-electron chi connectivity index (χ1n) is 7.43. The first-order chi connectivity index (χ1) is 12.3. The Morgan fingerprint density at radius 3 is 2.23 bits per heavy atom. The van der Waals surface area contributed by atoms with Gasteiger partial charge < -0.3 is 15.4 Å². The Hall–Kier alpha value is -3.00. The Balaban J connectivity index is 2.32. The van der Waals surface area contributed by atoms with Gasteiger partial charge in [-0.25, -0.2) is 4.79 Å². The maximum Gasteiger partial charge on any atom is 0.339 e. The third-order valence-corrected chi connectivity index (χ3v) is 3.82. The zero-order valence-electron chi connectivity index (χ0n) is 14.0. The molecule has 7 nitrogen and oxygen atoms in total. The Bertz CT molecular complexity index is 895. The van der Waals surface area contributed by atoms with Crippen molar-refractivity contribution in [3.8, 4) is 0 Å². The van der Waals surface area contributed by atoms with Crippen molar-refractivity contribution in [1.29, 1.82) is 0 Å². The van der Waals surface area contributed by atoms with Gasteiger partial charge in [0.1, 0.15) is 0 Å². The van der Waals surface area contributed by atoms with E-state index in [-0.39, 0.29) is 28.4 Å². The lowest BCUT2D eigenvalue weighted by Crippen LogP contribution is -2.25. The number of anilines is 2. The second-order valence-corrected chi connectivity index (χ2v) is 6.11. The molecule has 2 amide bonds. The van der Waals surface area contributed by atoms with E-state index in [1.165, 1.54) is 38.3 Å². The third-order valence-electron chi connectivity index (χ3n) is 3.32. The number of carbonyl (C=O) groups excluding carboxylic acids is 4. The predicted octanol–water partition coefficient (Wildman–Crippen LogP) is 3.02. The Morgan fingerprint density at radius 2 is 1.58 bits per heavy atom. The number of carbonyl (C=O) groups is 4. The number of benzene rings is 2. The molecule has 0 aliphatic carbocycles. The van der Waals surface area contributed by atoms with Crippen molar-refractivity contribution in [2.24, 2.45) is 0 Å². The zero-order chi connectivity index (χ0) is 19.3. The fourth-order valence-corrected chi connectivity index (χ4v) is 2.55. The topological polar surface area (TPSA) is 102 Å². The standard InChI is InChI=1S/C18H15BrN2O5/c1-10(22)20-15-8-7-11(19)9-13(15)16(23)17(24)21-14-6-4-3-5-12(14)18(25)26-2/h3-9H,1-2H3,(H,20,22)(H,21,24). The summed E-state index contributed by atoms with van der Waals surface area (Å²) in [5, 5.41) is 4.91. The summed E-state index contributed by atoms with van der Waals surface area (Å²) in [6, 6.07) is 10.7. The largest absolute Gasteiger partial charge is 0.465 e. The number of esters is 1. The van der Waals surface area contributed by atoms with E-state index in [9.17, 15) is 19.2 Å². The van der Waals surface area contributed by atoms with Gasteiger partial charge in [-0.15, -0.1) is 0 Å². The Labute approximate surface area is 157 Å². The lowest BCUT2D eigenvalue weighted by atomic mass is 10.1. The summed E-state index contributed by atoms with van der Waals surface area (Å²) < 4.78 is 5.22. The number of para-hydroxylation sites is 1. The number of amides is 2. The van der Waals surface area contributed by atoms with Crippen molar-refractivity contribution in [3.05, 3.63) is 58.1 Å². The molecule has 0 aliphatic heterocycles. The number of Topliss-reactive ketones (excluding diaryl/α,β-unsaturated/α-hetero) is 1. The molecule has 0 saturated carbocycles. The number of hydrogen-bond acceptors (Lipinski definition) is 5. The quantitative estimate of drug-likeness (QED) is 0.441. The van der Waals surface area contributed by atoms with E-state index >= 15 is 0 Å². The molecule has 2 aromatic rings. The summed E-state index contributed by atoms with van der Waals surface area (Å²) in [7, 11) is 1.22. The van der Waals surface area contributed by atoms with E-state index in [2.05, 4.69) is 31.3 Å². The van der Waals surface area contributed by atoms with Gasteiger partial charge in [-0.2, -0.15) is 0 Å². The van der Waals surface area contributed by atoms with Crippen molar-refractivity contribution >= 4 is 50.9 Å². The van der Waals surface area contributed by atoms with E-state index < -0.39 is 17.7 Å². The molecule has 0 aliphatic rings. The number of ketones is 1. The first-order valence-corrected chi connectivity index (χ1v) is 8.23. The van der Waals surface area contributed by atoms with Crippen molar-refractivity contribution in [2.45, 2.75) is 6.92 Å². The highest BCUT2D eigenvalue weighted by Crippen LogP contribution is 2.23. The van der Waals surface area contributed by atoms with Crippen molar-refractivity contribution in [3.63, 3.8) is 0 Å². The van der Waals surface area contributed by atoms with Crippen LogP contribution in [0.4, 0.5) is 11.4 Å². The fraction of sp³-hybridized carbons (Fsp3) is 0.111. The second-order valence-electron chi connectivity index (χ2n) is 5.19. The number of nitrogens with one attached hydrogen (secondary N) is 2. The zero-order valence-corrected chi connectivity index (χ0v) is 15.5. The van der Waals surface area contributed by atoms with Crippen LogP contribution in [0.25, 0.3) is 0 Å². The van der Waals surface area contributed by atoms with E-state index in [1.807, 2.05) is 0 Å². The molecule has 0 spiro atoms. The molecular formula is C18H15BrN2O5. The molecule has 0 fully saturated rings. The van der Waals surface area contributed by atoms with Crippen LogP contribution in [-0.4, -0.2) is 30.7 Å². The molecule has 0 heterocycles. The van der Waals surface area contributed by atoms with Crippen molar-refractivity contribution < 1.29 is 23.9 Å². The Kier molecular flexibility index (Phi) is 6.24. The normalized spacial score (nSPS) is 9.96. The van der Waals surface area contributed by atoms with Gasteiger partial charge in [0.05, 0.1) is 29.6 Å². The molecule has 8 heteroatoms. The molecule has 2 aromatic carbocycles. The van der Waals surface area contributed by atoms with Gasteiger partial charge in [-0.3, -0.25) is 14.4 Å². The van der Waals surface area contributed by atoms with Crippen LogP contribution in [0, 0.1) is 0 Å². The fourth-order valence-electron chi connectivity index (χ4n) is 2.18. The van der Waals surface area contributed by atoms with Gasteiger partial charge in [0.2, 0.25) is 5.91 Å². The van der Waals surface area contributed by atoms with Gasteiger partial charge in [-0.1, -0.05) is 28.1 Å². The molecule has 0 radical (unpaired) electrons. The minimum Gasteiger partial charge on any atom is -0.465 e. The van der Waals surface area contributed by atoms with Gasteiger partial charge in [0.25, 0.3) is 11.7 Å². The molecule has 26 heavy (non-hydrogen) atoms. The average Bonchev–Trinajstić information content (AvgIpc) is 2.62. The van der Waals surface area contributed by atoms with Gasteiger partial charge in [-0.05, 0) is 30.3 Å². The minimum absolute atomic E-state index is 0.0163. The lowest BCUT2D eigenvalue weighted by Gasteiger charge is -2.11. The maximum absolute atomic E-state index is 12.6. The van der Waals surface area contributed by atoms with Crippen LogP contribution in [0.15, 0.2) is 46.9 Å². The molecular weight excluding hydrogens is 404 g/mol. The highest BCUT2D eigenvalue weighted by atomic mass is 79.9. The van der Waals surface area contributed by atoms with Gasteiger partial charge in [0, 0.05) is 11.4 Å². The summed E-state index contributed by atoms with van der Waals surface area (Å²) >= 11 is 3.23. The predicted molar refractivity (Wildman–Crippen MR) is 99.2 cm³/mol. The first kappa shape index (κ1) is 19.3. The van der Waals surface area contributed by atoms with Crippen LogP contribution in [0.3, 0.4) is 0 Å². The number of methoxy groups -OCH3 is 1. The van der Waals surface area contributed by atoms with E-state index in [0.717, 1.165) is 0 Å². The highest BCUT2D eigenvalue weighted by molar-refractivity contribution is 9.10. The van der Waals surface area contributed by atoms with Gasteiger partial charge >= 0.3 is 5.97 Å². The van der Waals surface area contributed by atoms with Crippen LogP contribution in [-0.2, 0) is 14.3 Å². The summed E-state index contributed by atoms with van der Waals surface area (Å²) in [5.41, 5.74) is 0.492. The Morgan fingerprint density at radius 1 is 0.923 bits per heavy atom. The summed E-state index contributed by atoms with van der Waals surface area (Å²) in [6.07, 6.45) is 0. The summed E-state index contributed by atoms with van der Waals surface area (Å²) in [4.78, 5) is 48.0. The van der Waals surface area contributed by atoms with E-state index in [1.54, 1.807) is 18.2 Å². The smallest absolute Gasteiger partial charge is 0.339 e. The van der Waals surface area contributed by atoms with E-state index in [0.29, 0.717) is 4.47 Å². The SMILES string of the molecule is COC(=O)c1ccccc1NC(=O)C(=O)c1cc(Br)ccc1NC(C)=O. The van der Waals surface area contributed by atoms with Crippen molar-refractivity contribution in [1.82, 2.24) is 0 Å². The van der Waals surface area contributed by atoms with E-state index in [4.69, 9.17) is 0 Å². The summed E-state index contributed by atoms with van der Waals surface area (Å²) in [5.74, 6) is -2.84. The molecule has 2 rings (SSSR count). The second kappa shape index (κ2) is 8.39. The minimum atomic E-state index is -0.953. The number of rotatable bonds is 5. The van der Waals surface area contributed by atoms with Crippen LogP contribution in [0.5, 0.6) is 0 Å². The molecule has 0 bridgehead atoms. The monoisotopic (exact) mass is 418 g/mol. The van der Waals surface area contributed by atoms with Crippen LogP contribution in [0.1, 0.15) is 27.6 Å². The number of ether oxygens (including phenoxy) is 1. The van der Waals surface area contributed by atoms with Crippen molar-refractivity contribution in [2.75, 3.05) is 17.7 Å².